The molecular weight excluding hydrogens is 828 g/mol. The average Bonchev–Trinajstić information content (AvgIpc) is 3.26. The first-order chi connectivity index (χ1) is 31.5. The van der Waals surface area contributed by atoms with Crippen LogP contribution in [-0.4, -0.2) is 73.4 Å². The number of aliphatic hydroxyl groups excluding tert-OH is 1. The van der Waals surface area contributed by atoms with E-state index in [1.807, 2.05) is 21.1 Å². The molecule has 0 aliphatic rings. The lowest BCUT2D eigenvalue weighted by Gasteiger charge is -2.26. The Labute approximate surface area is 403 Å². The second-order valence-corrected chi connectivity index (χ2v) is 21.4. The monoisotopic (exact) mass is 936 g/mol. The third-order valence-electron chi connectivity index (χ3n) is 12.3. The number of carbonyl (C=O) groups is 1. The predicted octanol–water partition coefficient (Wildman–Crippen LogP) is 16.4. The Morgan fingerprint density at radius 3 is 1.35 bits per heavy atom. The first kappa shape index (κ1) is 63.5. The molecule has 65 heavy (non-hydrogen) atoms. The molecule has 0 aromatic rings. The van der Waals surface area contributed by atoms with Crippen molar-refractivity contribution in [2.45, 2.75) is 264 Å². The maximum absolute atomic E-state index is 13.0. The Morgan fingerprint density at radius 1 is 0.538 bits per heavy atom. The summed E-state index contributed by atoms with van der Waals surface area (Å²) < 4.78 is 23.8. The molecule has 1 amide bonds. The van der Waals surface area contributed by atoms with Gasteiger partial charge >= 0.3 is 7.82 Å². The molecule has 8 nitrogen and oxygen atoms in total. The van der Waals surface area contributed by atoms with Gasteiger partial charge in [-0.15, -0.1) is 0 Å². The van der Waals surface area contributed by atoms with Gasteiger partial charge in [0.15, 0.2) is 0 Å². The summed E-state index contributed by atoms with van der Waals surface area (Å²) in [5.41, 5.74) is 0. The van der Waals surface area contributed by atoms with Crippen molar-refractivity contribution in [3.05, 3.63) is 48.6 Å². The quantitative estimate of drug-likeness (QED) is 0.0243. The van der Waals surface area contributed by atoms with Gasteiger partial charge in [0.25, 0.3) is 0 Å². The van der Waals surface area contributed by atoms with Crippen LogP contribution >= 0.6 is 7.82 Å². The minimum atomic E-state index is -4.32. The summed E-state index contributed by atoms with van der Waals surface area (Å²) in [5.74, 6) is -0.146. The van der Waals surface area contributed by atoms with Crippen LogP contribution in [0.2, 0.25) is 0 Å². The Balaban J connectivity index is 4.19. The molecule has 3 atom stereocenters. The molecule has 0 aliphatic carbocycles. The van der Waals surface area contributed by atoms with Crippen LogP contribution < -0.4 is 5.32 Å². The third-order valence-corrected chi connectivity index (χ3v) is 13.3. The van der Waals surface area contributed by atoms with Gasteiger partial charge in [0, 0.05) is 6.42 Å². The van der Waals surface area contributed by atoms with Gasteiger partial charge in [-0.1, -0.05) is 242 Å². The Morgan fingerprint density at radius 2 is 0.923 bits per heavy atom. The molecule has 0 saturated carbocycles. The maximum Gasteiger partial charge on any atom is 0.472 e. The van der Waals surface area contributed by atoms with Crippen molar-refractivity contribution in [1.29, 1.82) is 0 Å². The zero-order valence-electron chi connectivity index (χ0n) is 43.5. The van der Waals surface area contributed by atoms with Gasteiger partial charge in [-0.25, -0.2) is 4.57 Å². The van der Waals surface area contributed by atoms with Gasteiger partial charge in [-0.05, 0) is 51.4 Å². The van der Waals surface area contributed by atoms with E-state index in [0.29, 0.717) is 23.9 Å². The summed E-state index contributed by atoms with van der Waals surface area (Å²) in [4.78, 5) is 23.3. The number of likely N-dealkylation sites (N-methyl/N-ethyl adjacent to an activating group) is 1. The van der Waals surface area contributed by atoms with E-state index in [-0.39, 0.29) is 19.1 Å². The molecule has 0 radical (unpaired) electrons. The van der Waals surface area contributed by atoms with Crippen LogP contribution in [0, 0.1) is 0 Å². The summed E-state index contributed by atoms with van der Waals surface area (Å²) in [5, 5.41) is 14.1. The van der Waals surface area contributed by atoms with E-state index in [9.17, 15) is 19.4 Å². The van der Waals surface area contributed by atoms with E-state index in [0.717, 1.165) is 64.2 Å². The first-order valence-corrected chi connectivity index (χ1v) is 29.0. The fourth-order valence-corrected chi connectivity index (χ4v) is 8.77. The first-order valence-electron chi connectivity index (χ1n) is 27.5. The number of amides is 1. The zero-order valence-corrected chi connectivity index (χ0v) is 44.4. The summed E-state index contributed by atoms with van der Waals surface area (Å²) in [6.07, 6.45) is 61.5. The minimum absolute atomic E-state index is 0.0738. The highest BCUT2D eigenvalue weighted by molar-refractivity contribution is 7.47. The molecule has 0 aliphatic heterocycles. The van der Waals surface area contributed by atoms with Crippen LogP contribution in [0.25, 0.3) is 0 Å². The number of hydrogen-bond donors (Lipinski definition) is 3. The van der Waals surface area contributed by atoms with Crippen molar-refractivity contribution in [2.75, 3.05) is 40.9 Å². The highest BCUT2D eigenvalue weighted by atomic mass is 31.2. The number of allylic oxidation sites excluding steroid dienone is 8. The summed E-state index contributed by atoms with van der Waals surface area (Å²) in [6.45, 7) is 4.80. The number of phosphoric acid groups is 1. The van der Waals surface area contributed by atoms with Gasteiger partial charge in [0.1, 0.15) is 13.2 Å². The molecule has 0 aromatic heterocycles. The second kappa shape index (κ2) is 47.5. The molecule has 3 unspecified atom stereocenters. The molecule has 3 N–H and O–H groups in total. The van der Waals surface area contributed by atoms with E-state index < -0.39 is 20.0 Å². The maximum atomic E-state index is 13.0. The second-order valence-electron chi connectivity index (χ2n) is 19.9. The molecule has 9 heteroatoms. The van der Waals surface area contributed by atoms with E-state index in [2.05, 4.69) is 67.8 Å². The number of aliphatic hydroxyl groups is 1. The van der Waals surface area contributed by atoms with Crippen LogP contribution in [0.4, 0.5) is 0 Å². The smallest absolute Gasteiger partial charge is 0.391 e. The summed E-state index contributed by atoms with van der Waals surface area (Å²) >= 11 is 0. The fourth-order valence-electron chi connectivity index (χ4n) is 8.04. The minimum Gasteiger partial charge on any atom is -0.391 e. The Bertz CT molecular complexity index is 1200. The van der Waals surface area contributed by atoms with Gasteiger partial charge < -0.3 is 19.8 Å². The lowest BCUT2D eigenvalue weighted by molar-refractivity contribution is -0.870. The highest BCUT2D eigenvalue weighted by Gasteiger charge is 2.28. The molecule has 382 valence electrons. The van der Waals surface area contributed by atoms with E-state index in [4.69, 9.17) is 9.05 Å². The molecule has 0 aromatic carbocycles. The zero-order chi connectivity index (χ0) is 47.8. The van der Waals surface area contributed by atoms with Gasteiger partial charge in [-0.3, -0.25) is 13.8 Å². The van der Waals surface area contributed by atoms with E-state index in [1.165, 1.54) is 161 Å². The molecule has 0 spiro atoms. The Hall–Kier alpha value is -1.54. The van der Waals surface area contributed by atoms with Gasteiger partial charge in [0.2, 0.25) is 5.91 Å². The van der Waals surface area contributed by atoms with Gasteiger partial charge in [-0.2, -0.15) is 0 Å². The molecule has 0 saturated heterocycles. The molecule has 0 bridgehead atoms. The number of hydrogen-bond acceptors (Lipinski definition) is 5. The fraction of sp³-hybridized carbons (Fsp3) is 0.839. The van der Waals surface area contributed by atoms with Crippen LogP contribution in [0.5, 0.6) is 0 Å². The number of nitrogens with one attached hydrogen (secondary N) is 1. The molecule has 0 rings (SSSR count). The number of nitrogens with zero attached hydrogens (tertiary/aromatic N) is 1. The molecule has 0 heterocycles. The van der Waals surface area contributed by atoms with Crippen molar-refractivity contribution in [3.8, 4) is 0 Å². The van der Waals surface area contributed by atoms with Crippen molar-refractivity contribution in [3.63, 3.8) is 0 Å². The molecule has 0 fully saturated rings. The average molecular weight is 936 g/mol. The highest BCUT2D eigenvalue weighted by Crippen LogP contribution is 2.43. The van der Waals surface area contributed by atoms with Crippen LogP contribution in [0.15, 0.2) is 48.6 Å². The normalized spacial score (nSPS) is 14.4. The number of carbonyl (C=O) groups excluding carboxylic acids is 1. The molecular formula is C56H108N2O6P+. The predicted molar refractivity (Wildman–Crippen MR) is 281 cm³/mol. The number of phosphoric ester groups is 1. The van der Waals surface area contributed by atoms with Crippen LogP contribution in [-0.2, 0) is 18.4 Å². The lowest BCUT2D eigenvalue weighted by Crippen LogP contribution is -2.46. The summed E-state index contributed by atoms with van der Waals surface area (Å²) in [6, 6.07) is -0.763. The van der Waals surface area contributed by atoms with E-state index >= 15 is 0 Å². The van der Waals surface area contributed by atoms with Crippen molar-refractivity contribution in [2.24, 2.45) is 0 Å². The third kappa shape index (κ3) is 50.2. The Kier molecular flexibility index (Phi) is 46.4. The number of quaternary nitrogens is 1. The van der Waals surface area contributed by atoms with Crippen LogP contribution in [0.3, 0.4) is 0 Å². The van der Waals surface area contributed by atoms with Crippen molar-refractivity contribution in [1.82, 2.24) is 5.32 Å². The SMILES string of the molecule is CC/C=C\C/C=C\C/C=C\C/C=C\CCCCCCCCCCCCCCC(=O)NC(COP(=O)(O)OCC[N+](C)(C)C)C(O)CCCCCCCCCCCCCCCCCCCC. The summed E-state index contributed by atoms with van der Waals surface area (Å²) in [7, 11) is 1.62. The van der Waals surface area contributed by atoms with Gasteiger partial charge in [0.05, 0.1) is 39.9 Å². The number of unbranched alkanes of at least 4 members (excludes halogenated alkanes) is 29. The standard InChI is InChI=1S/C56H107N2O6P/c1-6-8-10-12-14-16-18-20-22-24-26-27-28-29-30-31-32-34-36-38-40-42-44-46-48-50-56(60)57-54(53-64-65(61,62)63-52-51-58(3,4)5)55(59)49-47-45-43-41-39-37-35-33-25-23-21-19-17-15-13-11-9-7-2/h8,10,14,16,20,22,26-27,54-55,59H,6-7,9,11-13,15,17-19,21,23-25,28-53H2,1-5H3,(H-,57,60,61,62)/p+1/b10-8-,16-14-,22-20-,27-26-. The number of rotatable bonds is 50. The topological polar surface area (TPSA) is 105 Å². The van der Waals surface area contributed by atoms with Crippen molar-refractivity contribution < 1.29 is 32.9 Å². The lowest BCUT2D eigenvalue weighted by atomic mass is 10.0. The largest absolute Gasteiger partial charge is 0.472 e. The van der Waals surface area contributed by atoms with Crippen LogP contribution in [0.1, 0.15) is 251 Å². The van der Waals surface area contributed by atoms with E-state index in [1.54, 1.807) is 0 Å². The van der Waals surface area contributed by atoms with Crippen molar-refractivity contribution >= 4 is 13.7 Å².